The van der Waals surface area contributed by atoms with Crippen LogP contribution in [0.5, 0.6) is 0 Å². The van der Waals surface area contributed by atoms with E-state index in [2.05, 4.69) is 10.6 Å². The summed E-state index contributed by atoms with van der Waals surface area (Å²) in [6, 6.07) is 9.61. The number of benzene rings is 1. The summed E-state index contributed by atoms with van der Waals surface area (Å²) >= 11 is 0. The molecule has 1 atom stereocenters. The summed E-state index contributed by atoms with van der Waals surface area (Å²) in [6.45, 7) is 3.00. The van der Waals surface area contributed by atoms with E-state index in [0.717, 1.165) is 12.0 Å². The summed E-state index contributed by atoms with van der Waals surface area (Å²) in [4.78, 5) is 28.8. The molecule has 1 unspecified atom stereocenters. The number of hydrogen-bond acceptors (Lipinski definition) is 4. The number of hydroxylamine groups is 2. The SMILES string of the molecule is CC(=O)NC(C(=O)NCc1ccccc1)N1CCCO1. The van der Waals surface area contributed by atoms with Gasteiger partial charge in [-0.05, 0) is 12.0 Å². The summed E-state index contributed by atoms with van der Waals surface area (Å²) in [5, 5.41) is 6.93. The molecule has 20 heavy (non-hydrogen) atoms. The number of hydrogen-bond donors (Lipinski definition) is 2. The molecule has 1 aromatic carbocycles. The lowest BCUT2D eigenvalue weighted by atomic mass is 10.2. The van der Waals surface area contributed by atoms with Gasteiger partial charge in [-0.15, -0.1) is 0 Å². The molecular formula is C14H19N3O3. The minimum atomic E-state index is -0.779. The van der Waals surface area contributed by atoms with Gasteiger partial charge in [-0.2, -0.15) is 5.06 Å². The Morgan fingerprint density at radius 1 is 1.35 bits per heavy atom. The maximum atomic E-state index is 12.2. The van der Waals surface area contributed by atoms with Gasteiger partial charge in [0.15, 0.2) is 6.17 Å². The summed E-state index contributed by atoms with van der Waals surface area (Å²) in [7, 11) is 0. The fraction of sp³-hybridized carbons (Fsp3) is 0.429. The lowest BCUT2D eigenvalue weighted by Gasteiger charge is -2.25. The second-order valence-electron chi connectivity index (χ2n) is 4.63. The van der Waals surface area contributed by atoms with Gasteiger partial charge in [-0.1, -0.05) is 30.3 Å². The van der Waals surface area contributed by atoms with Crippen molar-refractivity contribution in [1.29, 1.82) is 0 Å². The van der Waals surface area contributed by atoms with Crippen LogP contribution < -0.4 is 10.6 Å². The molecule has 0 aliphatic carbocycles. The van der Waals surface area contributed by atoms with Crippen LogP contribution in [0.15, 0.2) is 30.3 Å². The van der Waals surface area contributed by atoms with E-state index in [1.807, 2.05) is 30.3 Å². The molecule has 6 nitrogen and oxygen atoms in total. The normalized spacial score (nSPS) is 16.6. The third kappa shape index (κ3) is 4.04. The fourth-order valence-corrected chi connectivity index (χ4v) is 2.01. The highest BCUT2D eigenvalue weighted by Crippen LogP contribution is 2.08. The van der Waals surface area contributed by atoms with E-state index in [9.17, 15) is 9.59 Å². The molecular weight excluding hydrogens is 258 g/mol. The van der Waals surface area contributed by atoms with Crippen LogP contribution in [-0.4, -0.2) is 36.2 Å². The second-order valence-corrected chi connectivity index (χ2v) is 4.63. The van der Waals surface area contributed by atoms with Crippen LogP contribution in [0.1, 0.15) is 18.9 Å². The van der Waals surface area contributed by atoms with Crippen molar-refractivity contribution in [2.75, 3.05) is 13.2 Å². The van der Waals surface area contributed by atoms with Crippen LogP contribution in [0.4, 0.5) is 0 Å². The predicted octanol–water partition coefficient (Wildman–Crippen LogP) is 0.402. The first-order valence-corrected chi connectivity index (χ1v) is 6.65. The Morgan fingerprint density at radius 2 is 2.10 bits per heavy atom. The lowest BCUT2D eigenvalue weighted by molar-refractivity contribution is -0.169. The topological polar surface area (TPSA) is 70.7 Å². The number of carbonyl (C=O) groups is 2. The van der Waals surface area contributed by atoms with Crippen LogP contribution in [0.3, 0.4) is 0 Å². The van der Waals surface area contributed by atoms with Gasteiger partial charge in [0.25, 0.3) is 5.91 Å². The molecule has 0 bridgehead atoms. The minimum absolute atomic E-state index is 0.264. The quantitative estimate of drug-likeness (QED) is 0.817. The molecule has 1 fully saturated rings. The van der Waals surface area contributed by atoms with E-state index in [1.165, 1.54) is 12.0 Å². The first kappa shape index (κ1) is 14.5. The molecule has 0 radical (unpaired) electrons. The van der Waals surface area contributed by atoms with Crippen molar-refractivity contribution in [3.63, 3.8) is 0 Å². The van der Waals surface area contributed by atoms with Crippen molar-refractivity contribution < 1.29 is 14.4 Å². The predicted molar refractivity (Wildman–Crippen MR) is 73.2 cm³/mol. The molecule has 0 aromatic heterocycles. The average molecular weight is 277 g/mol. The third-order valence-corrected chi connectivity index (χ3v) is 2.97. The van der Waals surface area contributed by atoms with Crippen molar-refractivity contribution in [1.82, 2.24) is 15.7 Å². The molecule has 108 valence electrons. The highest BCUT2D eigenvalue weighted by Gasteiger charge is 2.29. The zero-order valence-electron chi connectivity index (χ0n) is 11.5. The van der Waals surface area contributed by atoms with Gasteiger partial charge in [0, 0.05) is 20.0 Å². The van der Waals surface area contributed by atoms with Crippen molar-refractivity contribution in [2.45, 2.75) is 26.1 Å². The highest BCUT2D eigenvalue weighted by molar-refractivity contribution is 5.86. The van der Waals surface area contributed by atoms with Gasteiger partial charge in [-0.3, -0.25) is 14.4 Å². The summed E-state index contributed by atoms with van der Waals surface area (Å²) in [5.74, 6) is -0.536. The first-order chi connectivity index (χ1) is 9.66. The number of nitrogens with zero attached hydrogens (tertiary/aromatic N) is 1. The van der Waals surface area contributed by atoms with Crippen molar-refractivity contribution >= 4 is 11.8 Å². The maximum absolute atomic E-state index is 12.2. The van der Waals surface area contributed by atoms with Gasteiger partial charge in [0.1, 0.15) is 0 Å². The molecule has 6 heteroatoms. The molecule has 0 spiro atoms. The number of nitrogens with one attached hydrogen (secondary N) is 2. The molecule has 1 heterocycles. The molecule has 0 saturated carbocycles. The zero-order chi connectivity index (χ0) is 14.4. The Kier molecular flexibility index (Phi) is 5.09. The Morgan fingerprint density at radius 3 is 2.70 bits per heavy atom. The lowest BCUT2D eigenvalue weighted by Crippen LogP contribution is -2.55. The Bertz CT molecular complexity index is 458. The monoisotopic (exact) mass is 277 g/mol. The van der Waals surface area contributed by atoms with E-state index < -0.39 is 6.17 Å². The fourth-order valence-electron chi connectivity index (χ4n) is 2.01. The summed E-state index contributed by atoms with van der Waals surface area (Å²) < 4.78 is 0. The second kappa shape index (κ2) is 7.02. The standard InChI is InChI=1S/C14H19N3O3/c1-11(18)16-13(17-8-5-9-20-17)14(19)15-10-12-6-3-2-4-7-12/h2-4,6-7,13H,5,8-10H2,1H3,(H,15,19)(H,16,18). The third-order valence-electron chi connectivity index (χ3n) is 2.97. The number of rotatable bonds is 5. The van der Waals surface area contributed by atoms with Crippen LogP contribution in [0, 0.1) is 0 Å². The summed E-state index contributed by atoms with van der Waals surface area (Å²) in [6.07, 6.45) is 0.0703. The van der Waals surface area contributed by atoms with Crippen LogP contribution in [0.2, 0.25) is 0 Å². The molecule has 1 saturated heterocycles. The number of amides is 2. The van der Waals surface area contributed by atoms with E-state index in [-0.39, 0.29) is 11.8 Å². The van der Waals surface area contributed by atoms with E-state index in [0.29, 0.717) is 19.7 Å². The number of carbonyl (C=O) groups excluding carboxylic acids is 2. The maximum Gasteiger partial charge on any atom is 0.260 e. The summed E-state index contributed by atoms with van der Waals surface area (Å²) in [5.41, 5.74) is 1.00. The molecule has 2 amide bonds. The van der Waals surface area contributed by atoms with E-state index in [4.69, 9.17) is 4.84 Å². The van der Waals surface area contributed by atoms with Crippen molar-refractivity contribution in [3.05, 3.63) is 35.9 Å². The van der Waals surface area contributed by atoms with Gasteiger partial charge in [0.05, 0.1) is 6.61 Å². The Hall–Kier alpha value is -1.92. The van der Waals surface area contributed by atoms with Gasteiger partial charge < -0.3 is 10.6 Å². The first-order valence-electron chi connectivity index (χ1n) is 6.65. The van der Waals surface area contributed by atoms with E-state index in [1.54, 1.807) is 0 Å². The van der Waals surface area contributed by atoms with Crippen LogP contribution in [-0.2, 0) is 21.0 Å². The Balaban J connectivity index is 1.93. The smallest absolute Gasteiger partial charge is 0.260 e. The Labute approximate surface area is 118 Å². The van der Waals surface area contributed by atoms with Gasteiger partial charge >= 0.3 is 0 Å². The molecule has 2 N–H and O–H groups in total. The largest absolute Gasteiger partial charge is 0.349 e. The van der Waals surface area contributed by atoms with Crippen molar-refractivity contribution in [2.24, 2.45) is 0 Å². The van der Waals surface area contributed by atoms with Gasteiger partial charge in [-0.25, -0.2) is 0 Å². The van der Waals surface area contributed by atoms with Crippen LogP contribution in [0.25, 0.3) is 0 Å². The van der Waals surface area contributed by atoms with Crippen molar-refractivity contribution in [3.8, 4) is 0 Å². The zero-order valence-corrected chi connectivity index (χ0v) is 11.5. The highest BCUT2D eigenvalue weighted by atomic mass is 16.7. The molecule has 1 aromatic rings. The van der Waals surface area contributed by atoms with E-state index >= 15 is 0 Å². The van der Waals surface area contributed by atoms with Crippen LogP contribution >= 0.6 is 0 Å². The minimum Gasteiger partial charge on any atom is -0.349 e. The molecule has 2 rings (SSSR count). The molecule has 1 aliphatic rings. The van der Waals surface area contributed by atoms with Gasteiger partial charge in [0.2, 0.25) is 5.91 Å². The average Bonchev–Trinajstić information content (AvgIpc) is 2.97. The molecule has 1 aliphatic heterocycles.